The number of nitrogens with zero attached hydrogens (tertiary/aromatic N) is 1. The van der Waals surface area contributed by atoms with Crippen LogP contribution in [0.4, 0.5) is 5.69 Å². The number of aromatic nitrogens is 1. The Morgan fingerprint density at radius 2 is 1.71 bits per heavy atom. The summed E-state index contributed by atoms with van der Waals surface area (Å²) in [5.74, 6) is -4.15. The summed E-state index contributed by atoms with van der Waals surface area (Å²) in [5, 5.41) is 25.4. The van der Waals surface area contributed by atoms with Crippen LogP contribution in [-0.2, 0) is 20.8 Å². The van der Waals surface area contributed by atoms with E-state index in [0.717, 1.165) is 15.8 Å². The quantitative estimate of drug-likeness (QED) is 0.292. The molecule has 192 valence electrons. The average molecular weight is 512 g/mol. The van der Waals surface area contributed by atoms with Crippen molar-refractivity contribution in [2.24, 2.45) is 11.8 Å². The molecular weight excluding hydrogens is 486 g/mol. The number of carbonyl (C=O) groups excluding carboxylic acids is 2. The van der Waals surface area contributed by atoms with Gasteiger partial charge in [0.25, 0.3) is 0 Å². The average Bonchev–Trinajstić information content (AvgIpc) is 3.57. The molecule has 2 aliphatic heterocycles. The summed E-state index contributed by atoms with van der Waals surface area (Å²) in [6, 6.07) is 19.5. The normalized spacial score (nSPS) is 24.7. The number of aromatic hydroxyl groups is 1. The molecule has 38 heavy (non-hydrogen) atoms. The molecule has 4 atom stereocenters. The molecule has 3 aromatic carbocycles. The Morgan fingerprint density at radius 1 is 1.00 bits per heavy atom. The second-order valence-corrected chi connectivity index (χ2v) is 9.71. The van der Waals surface area contributed by atoms with Gasteiger partial charge < -0.3 is 19.9 Å². The molecule has 9 heteroatoms. The first kappa shape index (κ1) is 23.7. The number of methoxy groups -OCH3 is 1. The van der Waals surface area contributed by atoms with Crippen molar-refractivity contribution in [3.8, 4) is 11.5 Å². The van der Waals surface area contributed by atoms with E-state index in [1.807, 2.05) is 24.3 Å². The molecule has 2 saturated heterocycles. The minimum atomic E-state index is -1.81. The van der Waals surface area contributed by atoms with Crippen LogP contribution < -0.4 is 15.0 Å². The van der Waals surface area contributed by atoms with Gasteiger partial charge in [0, 0.05) is 35.1 Å². The lowest BCUT2D eigenvalue weighted by atomic mass is 9.76. The van der Waals surface area contributed by atoms with Crippen LogP contribution in [0, 0.1) is 11.8 Å². The number of aromatic amines is 1. The van der Waals surface area contributed by atoms with Crippen molar-refractivity contribution in [3.05, 3.63) is 90.1 Å². The molecule has 0 radical (unpaired) electrons. The molecule has 0 spiro atoms. The maximum Gasteiger partial charge on any atom is 0.325 e. The number of amides is 2. The number of imide groups is 1. The van der Waals surface area contributed by atoms with Crippen molar-refractivity contribution >= 4 is 34.4 Å². The van der Waals surface area contributed by atoms with Gasteiger partial charge in [-0.3, -0.25) is 19.7 Å². The predicted octanol–water partition coefficient (Wildman–Crippen LogP) is 3.40. The summed E-state index contributed by atoms with van der Waals surface area (Å²) < 4.78 is 5.20. The zero-order chi connectivity index (χ0) is 26.6. The molecule has 0 aliphatic carbocycles. The summed E-state index contributed by atoms with van der Waals surface area (Å²) in [7, 11) is 1.51. The number of rotatable bonds is 6. The third-order valence-electron chi connectivity index (χ3n) is 7.78. The Kier molecular flexibility index (Phi) is 5.46. The van der Waals surface area contributed by atoms with Gasteiger partial charge in [0.05, 0.1) is 24.6 Å². The van der Waals surface area contributed by atoms with Crippen molar-refractivity contribution in [2.75, 3.05) is 12.0 Å². The molecule has 3 heterocycles. The second kappa shape index (κ2) is 8.74. The maximum atomic E-state index is 14.0. The van der Waals surface area contributed by atoms with Gasteiger partial charge in [-0.25, -0.2) is 4.90 Å². The van der Waals surface area contributed by atoms with Crippen LogP contribution in [0.3, 0.4) is 0 Å². The smallest absolute Gasteiger partial charge is 0.325 e. The molecule has 2 aliphatic rings. The van der Waals surface area contributed by atoms with E-state index in [9.17, 15) is 24.6 Å². The van der Waals surface area contributed by atoms with Gasteiger partial charge in [0.1, 0.15) is 17.0 Å². The molecule has 1 aromatic heterocycles. The molecule has 2 fully saturated rings. The third-order valence-corrected chi connectivity index (χ3v) is 7.78. The fraction of sp³-hybridized carbons (Fsp3) is 0.207. The summed E-state index contributed by atoms with van der Waals surface area (Å²) in [4.78, 5) is 45.3. The number of anilines is 1. The highest BCUT2D eigenvalue weighted by Gasteiger charge is 2.69. The summed E-state index contributed by atoms with van der Waals surface area (Å²) >= 11 is 0. The first-order valence-corrected chi connectivity index (χ1v) is 12.2. The number of para-hydroxylation sites is 2. The van der Waals surface area contributed by atoms with Gasteiger partial charge in [-0.05, 0) is 42.0 Å². The number of carboxylic acids is 1. The highest BCUT2D eigenvalue weighted by atomic mass is 16.5. The van der Waals surface area contributed by atoms with Crippen molar-refractivity contribution in [3.63, 3.8) is 0 Å². The van der Waals surface area contributed by atoms with Crippen LogP contribution in [0.1, 0.15) is 17.2 Å². The Balaban J connectivity index is 1.51. The summed E-state index contributed by atoms with van der Waals surface area (Å²) in [6.07, 6.45) is 1.69. The molecule has 0 saturated carbocycles. The number of phenols is 1. The lowest BCUT2D eigenvalue weighted by molar-refractivity contribution is -0.148. The number of carbonyl (C=O) groups is 3. The topological polar surface area (TPSA) is 132 Å². The molecule has 0 bridgehead atoms. The molecule has 4 N–H and O–H groups in total. The van der Waals surface area contributed by atoms with E-state index in [1.165, 1.54) is 13.2 Å². The number of hydrogen-bond acceptors (Lipinski definition) is 6. The van der Waals surface area contributed by atoms with Crippen LogP contribution in [-0.4, -0.2) is 45.6 Å². The zero-order valence-corrected chi connectivity index (χ0v) is 20.4. The number of fused-ring (bicyclic) bond motifs is 2. The van der Waals surface area contributed by atoms with Gasteiger partial charge in [-0.15, -0.1) is 0 Å². The largest absolute Gasteiger partial charge is 0.508 e. The highest BCUT2D eigenvalue weighted by Crippen LogP contribution is 2.52. The van der Waals surface area contributed by atoms with E-state index in [2.05, 4.69) is 10.3 Å². The minimum Gasteiger partial charge on any atom is -0.508 e. The molecule has 0 unspecified atom stereocenters. The van der Waals surface area contributed by atoms with Crippen LogP contribution in [0.15, 0.2) is 79.0 Å². The first-order chi connectivity index (χ1) is 18.4. The van der Waals surface area contributed by atoms with Crippen LogP contribution in [0.2, 0.25) is 0 Å². The highest BCUT2D eigenvalue weighted by molar-refractivity contribution is 6.24. The van der Waals surface area contributed by atoms with Gasteiger partial charge in [0.2, 0.25) is 11.8 Å². The van der Waals surface area contributed by atoms with Crippen LogP contribution in [0.25, 0.3) is 10.9 Å². The fourth-order valence-corrected chi connectivity index (χ4v) is 6.02. The van der Waals surface area contributed by atoms with Gasteiger partial charge in [0.15, 0.2) is 0 Å². The Bertz CT molecular complexity index is 1580. The number of aliphatic carboxylic acids is 1. The van der Waals surface area contributed by atoms with Gasteiger partial charge in [-0.1, -0.05) is 36.4 Å². The van der Waals surface area contributed by atoms with Gasteiger partial charge in [-0.2, -0.15) is 0 Å². The van der Waals surface area contributed by atoms with Crippen LogP contribution in [0.5, 0.6) is 11.5 Å². The number of phenolic OH excluding ortho intramolecular Hbond substituents is 1. The number of carboxylic acid groups (broad SMARTS) is 1. The second-order valence-electron chi connectivity index (χ2n) is 9.71. The summed E-state index contributed by atoms with van der Waals surface area (Å²) in [6.45, 7) is 0. The Labute approximate surface area is 217 Å². The Hall–Kier alpha value is -4.63. The van der Waals surface area contributed by atoms with E-state index in [4.69, 9.17) is 4.74 Å². The summed E-state index contributed by atoms with van der Waals surface area (Å²) in [5.41, 5.74) is 0.426. The fourth-order valence-electron chi connectivity index (χ4n) is 6.02. The predicted molar refractivity (Wildman–Crippen MR) is 139 cm³/mol. The Morgan fingerprint density at radius 3 is 2.42 bits per heavy atom. The van der Waals surface area contributed by atoms with Crippen LogP contribution >= 0.6 is 0 Å². The molecule has 2 amide bonds. The lowest BCUT2D eigenvalue weighted by Crippen LogP contribution is -2.57. The van der Waals surface area contributed by atoms with E-state index < -0.39 is 41.2 Å². The van der Waals surface area contributed by atoms with E-state index >= 15 is 0 Å². The SMILES string of the molecule is COc1ccc(N2C(=O)[C@H]3[C@@H](c4ccccc4O)N[C@@](Cc4c[nH]c5ccccc45)(C(=O)O)[C@@H]3C2=O)cc1. The van der Waals surface area contributed by atoms with E-state index in [0.29, 0.717) is 22.6 Å². The molecule has 4 aromatic rings. The minimum absolute atomic E-state index is 0.0485. The van der Waals surface area contributed by atoms with Crippen molar-refractivity contribution < 1.29 is 29.3 Å². The monoisotopic (exact) mass is 511 g/mol. The van der Waals surface area contributed by atoms with Crippen molar-refractivity contribution in [1.29, 1.82) is 0 Å². The molecule has 6 rings (SSSR count). The number of benzene rings is 3. The standard InChI is InChI=1S/C29H25N3O6/c1-38-18-12-10-17(11-13-18)32-26(34)23-24(27(32)35)29(28(36)37,31-25(23)20-7-3-5-9-22(20)33)14-16-15-30-21-8-4-2-6-19(16)21/h2-13,15,23-25,30-31,33H,14H2,1H3,(H,36,37)/t23-,24+,25-,29-/m1/s1. The maximum absolute atomic E-state index is 14.0. The van der Waals surface area contributed by atoms with Gasteiger partial charge >= 0.3 is 5.97 Å². The zero-order valence-electron chi connectivity index (χ0n) is 20.4. The number of nitrogens with one attached hydrogen (secondary N) is 2. The van der Waals surface area contributed by atoms with Crippen molar-refractivity contribution in [1.82, 2.24) is 10.3 Å². The number of hydrogen-bond donors (Lipinski definition) is 4. The first-order valence-electron chi connectivity index (χ1n) is 12.2. The van der Waals surface area contributed by atoms with E-state index in [1.54, 1.807) is 48.7 Å². The number of H-pyrrole nitrogens is 1. The third kappa shape index (κ3) is 3.39. The number of ether oxygens (including phenoxy) is 1. The van der Waals surface area contributed by atoms with E-state index in [-0.39, 0.29) is 12.2 Å². The lowest BCUT2D eigenvalue weighted by Gasteiger charge is -2.31. The van der Waals surface area contributed by atoms with Crippen molar-refractivity contribution in [2.45, 2.75) is 18.0 Å². The molecule has 9 nitrogen and oxygen atoms in total. The molecular formula is C29H25N3O6.